The molecule has 178 valence electrons. The number of nitrogens with zero attached hydrogens (tertiary/aromatic N) is 2. The summed E-state index contributed by atoms with van der Waals surface area (Å²) in [5, 5.41) is 13.6. The molecular formula is C28H32N2O4. The van der Waals surface area contributed by atoms with E-state index in [1.54, 1.807) is 14.2 Å². The Morgan fingerprint density at radius 3 is 2.68 bits per heavy atom. The number of para-hydroxylation sites is 1. The first kappa shape index (κ1) is 21.7. The maximum atomic E-state index is 12.6. The first-order valence-electron chi connectivity index (χ1n) is 12.3. The van der Waals surface area contributed by atoms with E-state index in [1.807, 2.05) is 44.2 Å². The van der Waals surface area contributed by atoms with Crippen molar-refractivity contribution in [3.63, 3.8) is 0 Å². The minimum Gasteiger partial charge on any atom is -0.496 e. The SMILES string of the molecule is CC.COc1ccc2c3c1OC1c4nc5ccccc5c(OC)c4CC4(O)[C@@H](C2)N(C)CC[C@]314. The second-order valence-corrected chi connectivity index (χ2v) is 9.68. The molecule has 1 fully saturated rings. The van der Waals surface area contributed by atoms with Crippen molar-refractivity contribution >= 4 is 10.9 Å². The lowest BCUT2D eigenvalue weighted by Crippen LogP contribution is -2.74. The summed E-state index contributed by atoms with van der Waals surface area (Å²) in [4.78, 5) is 7.43. The van der Waals surface area contributed by atoms with E-state index in [2.05, 4.69) is 18.0 Å². The molecule has 4 aliphatic rings. The number of likely N-dealkylation sites (N-methyl/N-ethyl adjacent to an activating group) is 1. The third-order valence-electron chi connectivity index (χ3n) is 8.56. The largest absolute Gasteiger partial charge is 0.496 e. The normalized spacial score (nSPS) is 29.9. The number of piperidine rings is 1. The highest BCUT2D eigenvalue weighted by Gasteiger charge is 2.72. The van der Waals surface area contributed by atoms with Gasteiger partial charge in [0.25, 0.3) is 0 Å². The number of fused-ring (bicyclic) bond motifs is 3. The Hall–Kier alpha value is -2.83. The van der Waals surface area contributed by atoms with Crippen LogP contribution >= 0.6 is 0 Å². The molecule has 2 aliphatic carbocycles. The molecule has 1 N–H and O–H groups in total. The molecule has 4 atom stereocenters. The second-order valence-electron chi connectivity index (χ2n) is 9.68. The molecule has 1 aromatic heterocycles. The Morgan fingerprint density at radius 2 is 1.91 bits per heavy atom. The zero-order valence-electron chi connectivity index (χ0n) is 20.5. The molecule has 3 heterocycles. The van der Waals surface area contributed by atoms with E-state index in [4.69, 9.17) is 19.2 Å². The number of rotatable bonds is 2. The molecule has 34 heavy (non-hydrogen) atoms. The van der Waals surface area contributed by atoms with E-state index < -0.39 is 11.0 Å². The number of aromatic nitrogens is 1. The Bertz CT molecular complexity index is 1310. The summed E-state index contributed by atoms with van der Waals surface area (Å²) in [5.41, 5.74) is 3.59. The fourth-order valence-electron chi connectivity index (χ4n) is 7.20. The van der Waals surface area contributed by atoms with Crippen LogP contribution in [0.5, 0.6) is 17.2 Å². The van der Waals surface area contributed by atoms with E-state index in [9.17, 15) is 5.11 Å². The van der Waals surface area contributed by atoms with E-state index in [-0.39, 0.29) is 12.1 Å². The van der Waals surface area contributed by atoms with Crippen LogP contribution in [0.2, 0.25) is 0 Å². The summed E-state index contributed by atoms with van der Waals surface area (Å²) in [6.45, 7) is 4.91. The van der Waals surface area contributed by atoms with Gasteiger partial charge in [0.1, 0.15) is 5.75 Å². The number of likely N-dealkylation sites (tertiary alicyclic amines) is 1. The Labute approximate surface area is 200 Å². The fourth-order valence-corrected chi connectivity index (χ4v) is 7.20. The molecule has 6 nitrogen and oxygen atoms in total. The van der Waals surface area contributed by atoms with Crippen molar-refractivity contribution in [2.75, 3.05) is 27.8 Å². The van der Waals surface area contributed by atoms with Gasteiger partial charge in [-0.05, 0) is 50.2 Å². The van der Waals surface area contributed by atoms with Gasteiger partial charge in [-0.2, -0.15) is 0 Å². The van der Waals surface area contributed by atoms with Crippen LogP contribution in [-0.2, 0) is 18.3 Å². The highest BCUT2D eigenvalue weighted by atomic mass is 16.5. The van der Waals surface area contributed by atoms with Crippen molar-refractivity contribution < 1.29 is 19.3 Å². The number of hydrogen-bond acceptors (Lipinski definition) is 6. The zero-order chi connectivity index (χ0) is 23.8. The molecule has 2 aliphatic heterocycles. The Kier molecular flexibility index (Phi) is 4.68. The molecule has 2 unspecified atom stereocenters. The predicted molar refractivity (Wildman–Crippen MR) is 131 cm³/mol. The molecule has 2 bridgehead atoms. The molecule has 0 saturated carbocycles. The van der Waals surface area contributed by atoms with Crippen LogP contribution in [0, 0.1) is 0 Å². The van der Waals surface area contributed by atoms with Crippen LogP contribution in [0.25, 0.3) is 10.9 Å². The molecule has 2 aromatic carbocycles. The molecule has 0 amide bonds. The first-order chi connectivity index (χ1) is 16.5. The molecule has 3 aromatic rings. The number of hydrogen-bond donors (Lipinski definition) is 1. The van der Waals surface area contributed by atoms with E-state index in [0.717, 1.165) is 64.4 Å². The first-order valence-corrected chi connectivity index (χ1v) is 12.3. The summed E-state index contributed by atoms with van der Waals surface area (Å²) in [7, 11) is 5.51. The lowest BCUT2D eigenvalue weighted by Gasteiger charge is -2.62. The minimum atomic E-state index is -0.986. The van der Waals surface area contributed by atoms with Crippen LogP contribution in [0.3, 0.4) is 0 Å². The summed E-state index contributed by atoms with van der Waals surface area (Å²) in [6.07, 6.45) is 1.71. The van der Waals surface area contributed by atoms with E-state index in [1.165, 1.54) is 5.56 Å². The molecular weight excluding hydrogens is 428 g/mol. The van der Waals surface area contributed by atoms with Crippen molar-refractivity contribution in [3.05, 3.63) is 58.8 Å². The van der Waals surface area contributed by atoms with Crippen LogP contribution < -0.4 is 14.2 Å². The van der Waals surface area contributed by atoms with Gasteiger partial charge in [0, 0.05) is 29.0 Å². The Morgan fingerprint density at radius 1 is 1.12 bits per heavy atom. The van der Waals surface area contributed by atoms with Crippen LogP contribution in [0.4, 0.5) is 0 Å². The van der Waals surface area contributed by atoms with Gasteiger partial charge in [-0.25, -0.2) is 4.98 Å². The van der Waals surface area contributed by atoms with Gasteiger partial charge in [0.05, 0.1) is 36.4 Å². The van der Waals surface area contributed by atoms with Gasteiger partial charge in [0.15, 0.2) is 17.6 Å². The Balaban J connectivity index is 0.00000106. The van der Waals surface area contributed by atoms with Gasteiger partial charge in [0.2, 0.25) is 0 Å². The average molecular weight is 461 g/mol. The van der Waals surface area contributed by atoms with E-state index in [0.29, 0.717) is 6.42 Å². The smallest absolute Gasteiger partial charge is 0.166 e. The summed E-state index contributed by atoms with van der Waals surface area (Å²) < 4.78 is 18.4. The number of aliphatic hydroxyl groups is 1. The van der Waals surface area contributed by atoms with Gasteiger partial charge in [-0.15, -0.1) is 0 Å². The number of pyridine rings is 1. The summed E-state index contributed by atoms with van der Waals surface area (Å²) >= 11 is 0. The standard InChI is InChI=1S/C26H26N2O4.C2H6/c1-28-11-10-25-20-14-8-9-18(30-2)23(20)32-24(25)21-16(13-26(25,29)19(28)12-14)22(31-3)15-6-4-5-7-17(15)27-21;1-2/h4-9,19,24,29H,10-13H2,1-3H3;1-2H3/t19-,24?,25+,26?;/m1./s1. The van der Waals surface area contributed by atoms with Gasteiger partial charge >= 0.3 is 0 Å². The van der Waals surface area contributed by atoms with Gasteiger partial charge in [-0.3, -0.25) is 0 Å². The second kappa shape index (κ2) is 7.33. The molecule has 6 heteroatoms. The fraction of sp³-hybridized carbons (Fsp3) is 0.464. The molecule has 0 radical (unpaired) electrons. The maximum absolute atomic E-state index is 12.6. The number of ether oxygens (including phenoxy) is 3. The maximum Gasteiger partial charge on any atom is 0.166 e. The third kappa shape index (κ3) is 2.35. The van der Waals surface area contributed by atoms with Crippen molar-refractivity contribution in [1.82, 2.24) is 9.88 Å². The summed E-state index contributed by atoms with van der Waals surface area (Å²) in [5.74, 6) is 2.30. The quantitative estimate of drug-likeness (QED) is 0.619. The van der Waals surface area contributed by atoms with Crippen LogP contribution in [0.1, 0.15) is 48.8 Å². The topological polar surface area (TPSA) is 64.0 Å². The van der Waals surface area contributed by atoms with Crippen molar-refractivity contribution in [2.45, 2.75) is 56.3 Å². The van der Waals surface area contributed by atoms with Gasteiger partial charge in [-0.1, -0.05) is 32.0 Å². The van der Waals surface area contributed by atoms with Crippen LogP contribution in [-0.4, -0.2) is 54.4 Å². The molecule has 1 saturated heterocycles. The lowest BCUT2D eigenvalue weighted by molar-refractivity contribution is -0.168. The minimum absolute atomic E-state index is 0.00137. The van der Waals surface area contributed by atoms with E-state index >= 15 is 0 Å². The van der Waals surface area contributed by atoms with Crippen LogP contribution in [0.15, 0.2) is 36.4 Å². The number of methoxy groups -OCH3 is 2. The van der Waals surface area contributed by atoms with Crippen molar-refractivity contribution in [2.24, 2.45) is 0 Å². The number of benzene rings is 2. The monoisotopic (exact) mass is 460 g/mol. The van der Waals surface area contributed by atoms with Crippen molar-refractivity contribution in [1.29, 1.82) is 0 Å². The molecule has 1 spiro atoms. The van der Waals surface area contributed by atoms with Crippen molar-refractivity contribution in [3.8, 4) is 17.2 Å². The highest BCUT2D eigenvalue weighted by Crippen LogP contribution is 2.69. The summed E-state index contributed by atoms with van der Waals surface area (Å²) in [6, 6.07) is 12.2. The zero-order valence-corrected chi connectivity index (χ0v) is 20.5. The molecule has 7 rings (SSSR count). The predicted octanol–water partition coefficient (Wildman–Crippen LogP) is 4.20. The lowest BCUT2D eigenvalue weighted by atomic mass is 9.49. The van der Waals surface area contributed by atoms with Gasteiger partial charge < -0.3 is 24.2 Å². The average Bonchev–Trinajstić information content (AvgIpc) is 3.22. The third-order valence-corrected chi connectivity index (χ3v) is 8.56. The highest BCUT2D eigenvalue weighted by molar-refractivity contribution is 5.87.